The maximum absolute atomic E-state index is 11.9. The molecule has 0 unspecified atom stereocenters. The lowest BCUT2D eigenvalue weighted by Gasteiger charge is -2.08. The third-order valence-electron chi connectivity index (χ3n) is 3.39. The molecule has 0 aliphatic carbocycles. The van der Waals surface area contributed by atoms with Crippen LogP contribution in [0.15, 0.2) is 30.3 Å². The number of amides is 1. The van der Waals surface area contributed by atoms with Gasteiger partial charge in [-0.2, -0.15) is 5.10 Å². The molecule has 20 heavy (non-hydrogen) atoms. The number of nitrogens with one attached hydrogen (secondary N) is 1. The second-order valence-corrected chi connectivity index (χ2v) is 5.10. The van der Waals surface area contributed by atoms with Crippen molar-refractivity contribution in [1.82, 2.24) is 15.1 Å². The average Bonchev–Trinajstić information content (AvgIpc) is 2.74. The number of hydrogen-bond acceptors (Lipinski definition) is 2. The Morgan fingerprint density at radius 2 is 2.00 bits per heavy atom. The van der Waals surface area contributed by atoms with Crippen molar-refractivity contribution in [3.63, 3.8) is 0 Å². The van der Waals surface area contributed by atoms with E-state index in [9.17, 15) is 4.79 Å². The minimum absolute atomic E-state index is 0.0563. The Labute approximate surface area is 119 Å². The number of aromatic nitrogens is 2. The van der Waals surface area contributed by atoms with Crippen molar-refractivity contribution in [2.75, 3.05) is 0 Å². The molecule has 0 aliphatic heterocycles. The van der Waals surface area contributed by atoms with Gasteiger partial charge < -0.3 is 5.32 Å². The summed E-state index contributed by atoms with van der Waals surface area (Å²) in [6.07, 6.45) is 0.452. The van der Waals surface area contributed by atoms with Crippen molar-refractivity contribution in [2.45, 2.75) is 40.3 Å². The van der Waals surface area contributed by atoms with E-state index >= 15 is 0 Å². The standard InChI is InChI=1S/C16H21N3O/c1-12-6-4-5-7-15(12)11-17-16(20)8-9-19-14(3)10-13(2)18-19/h4-7,10H,8-9,11H2,1-3H3,(H,17,20). The Morgan fingerprint density at radius 3 is 2.65 bits per heavy atom. The fourth-order valence-electron chi connectivity index (χ4n) is 2.20. The molecule has 0 aliphatic rings. The lowest BCUT2D eigenvalue weighted by molar-refractivity contribution is -0.121. The number of hydrogen-bond donors (Lipinski definition) is 1. The van der Waals surface area contributed by atoms with Crippen molar-refractivity contribution >= 4 is 5.91 Å². The molecule has 1 heterocycles. The topological polar surface area (TPSA) is 46.9 Å². The Morgan fingerprint density at radius 1 is 1.25 bits per heavy atom. The summed E-state index contributed by atoms with van der Waals surface area (Å²) in [7, 11) is 0. The molecule has 1 amide bonds. The fourth-order valence-corrected chi connectivity index (χ4v) is 2.20. The molecule has 0 radical (unpaired) electrons. The molecule has 0 fully saturated rings. The van der Waals surface area contributed by atoms with Gasteiger partial charge in [-0.05, 0) is 38.0 Å². The summed E-state index contributed by atoms with van der Waals surface area (Å²) >= 11 is 0. The Hall–Kier alpha value is -2.10. The largest absolute Gasteiger partial charge is 0.352 e. The van der Waals surface area contributed by atoms with Crippen LogP contribution in [0.4, 0.5) is 0 Å². The van der Waals surface area contributed by atoms with Crippen LogP contribution in [0, 0.1) is 20.8 Å². The molecule has 1 N–H and O–H groups in total. The molecule has 0 spiro atoms. The van der Waals surface area contributed by atoms with Crippen LogP contribution >= 0.6 is 0 Å². The number of nitrogens with zero attached hydrogens (tertiary/aromatic N) is 2. The van der Waals surface area contributed by atoms with Gasteiger partial charge in [0.1, 0.15) is 0 Å². The van der Waals surface area contributed by atoms with Crippen LogP contribution in [0.1, 0.15) is 28.9 Å². The quantitative estimate of drug-likeness (QED) is 0.908. The van der Waals surface area contributed by atoms with Gasteiger partial charge in [0.15, 0.2) is 0 Å². The van der Waals surface area contributed by atoms with E-state index in [1.807, 2.05) is 42.8 Å². The number of benzene rings is 1. The zero-order valence-corrected chi connectivity index (χ0v) is 12.3. The van der Waals surface area contributed by atoms with Crippen molar-refractivity contribution in [3.8, 4) is 0 Å². The van der Waals surface area contributed by atoms with Crippen LogP contribution in [0.25, 0.3) is 0 Å². The first-order chi connectivity index (χ1) is 9.56. The van der Waals surface area contributed by atoms with Crippen LogP contribution in [0.2, 0.25) is 0 Å². The maximum Gasteiger partial charge on any atom is 0.222 e. The lowest BCUT2D eigenvalue weighted by atomic mass is 10.1. The maximum atomic E-state index is 11.9. The van der Waals surface area contributed by atoms with Crippen LogP contribution < -0.4 is 5.32 Å². The van der Waals surface area contributed by atoms with Gasteiger partial charge in [-0.15, -0.1) is 0 Å². The summed E-state index contributed by atoms with van der Waals surface area (Å²) in [5.41, 5.74) is 4.44. The molecule has 4 heteroatoms. The fraction of sp³-hybridized carbons (Fsp3) is 0.375. The lowest BCUT2D eigenvalue weighted by Crippen LogP contribution is -2.24. The van der Waals surface area contributed by atoms with Crippen molar-refractivity contribution < 1.29 is 4.79 Å². The first kappa shape index (κ1) is 14.3. The molecule has 0 saturated heterocycles. The van der Waals surface area contributed by atoms with Gasteiger partial charge in [-0.1, -0.05) is 24.3 Å². The third kappa shape index (κ3) is 3.70. The monoisotopic (exact) mass is 271 g/mol. The number of carbonyl (C=O) groups is 1. The van der Waals surface area contributed by atoms with E-state index in [-0.39, 0.29) is 5.91 Å². The molecule has 1 aromatic carbocycles. The van der Waals surface area contributed by atoms with Gasteiger partial charge in [0.05, 0.1) is 5.69 Å². The molecule has 0 bridgehead atoms. The van der Waals surface area contributed by atoms with E-state index < -0.39 is 0 Å². The van der Waals surface area contributed by atoms with Crippen LogP contribution in [0.5, 0.6) is 0 Å². The van der Waals surface area contributed by atoms with E-state index in [0.29, 0.717) is 19.5 Å². The SMILES string of the molecule is Cc1cc(C)n(CCC(=O)NCc2ccccc2C)n1. The van der Waals surface area contributed by atoms with Crippen molar-refractivity contribution in [3.05, 3.63) is 52.8 Å². The van der Waals surface area contributed by atoms with E-state index in [2.05, 4.69) is 23.4 Å². The van der Waals surface area contributed by atoms with Gasteiger partial charge >= 0.3 is 0 Å². The van der Waals surface area contributed by atoms with E-state index in [1.54, 1.807) is 0 Å². The molecule has 0 saturated carbocycles. The number of carbonyl (C=O) groups excluding carboxylic acids is 1. The highest BCUT2D eigenvalue weighted by atomic mass is 16.1. The van der Waals surface area contributed by atoms with Gasteiger partial charge in [-0.25, -0.2) is 0 Å². The van der Waals surface area contributed by atoms with E-state index in [4.69, 9.17) is 0 Å². The van der Waals surface area contributed by atoms with Gasteiger partial charge in [-0.3, -0.25) is 9.48 Å². The normalized spacial score (nSPS) is 10.6. The summed E-state index contributed by atoms with van der Waals surface area (Å²) in [6.45, 7) is 7.23. The average molecular weight is 271 g/mol. The van der Waals surface area contributed by atoms with Crippen LogP contribution in [-0.4, -0.2) is 15.7 Å². The summed E-state index contributed by atoms with van der Waals surface area (Å²) in [4.78, 5) is 11.9. The second kappa shape index (κ2) is 6.37. The molecule has 0 atom stereocenters. The zero-order chi connectivity index (χ0) is 14.5. The zero-order valence-electron chi connectivity index (χ0n) is 12.3. The Bertz CT molecular complexity index is 602. The Balaban J connectivity index is 1.82. The smallest absolute Gasteiger partial charge is 0.222 e. The summed E-state index contributed by atoms with van der Waals surface area (Å²) in [5.74, 6) is 0.0563. The molecule has 106 valence electrons. The van der Waals surface area contributed by atoms with E-state index in [0.717, 1.165) is 17.0 Å². The van der Waals surface area contributed by atoms with Gasteiger partial charge in [0.25, 0.3) is 0 Å². The molecule has 4 nitrogen and oxygen atoms in total. The molecule has 1 aromatic heterocycles. The predicted octanol–water partition coefficient (Wildman–Crippen LogP) is 2.51. The van der Waals surface area contributed by atoms with E-state index in [1.165, 1.54) is 5.56 Å². The second-order valence-electron chi connectivity index (χ2n) is 5.10. The minimum Gasteiger partial charge on any atom is -0.352 e. The third-order valence-corrected chi connectivity index (χ3v) is 3.39. The Kier molecular flexibility index (Phi) is 4.56. The van der Waals surface area contributed by atoms with Crippen LogP contribution in [0.3, 0.4) is 0 Å². The van der Waals surface area contributed by atoms with Gasteiger partial charge in [0.2, 0.25) is 5.91 Å². The molecular formula is C16H21N3O. The molecular weight excluding hydrogens is 250 g/mol. The summed E-state index contributed by atoms with van der Waals surface area (Å²) in [6, 6.07) is 10.1. The highest BCUT2D eigenvalue weighted by Crippen LogP contribution is 2.06. The highest BCUT2D eigenvalue weighted by molar-refractivity contribution is 5.75. The first-order valence-corrected chi connectivity index (χ1v) is 6.88. The molecule has 2 rings (SSSR count). The summed E-state index contributed by atoms with van der Waals surface area (Å²) < 4.78 is 1.88. The highest BCUT2D eigenvalue weighted by Gasteiger charge is 2.06. The summed E-state index contributed by atoms with van der Waals surface area (Å²) in [5, 5.41) is 7.31. The molecule has 2 aromatic rings. The number of aryl methyl sites for hydroxylation is 4. The van der Waals surface area contributed by atoms with Crippen LogP contribution in [-0.2, 0) is 17.9 Å². The van der Waals surface area contributed by atoms with Gasteiger partial charge in [0, 0.05) is 25.2 Å². The van der Waals surface area contributed by atoms with Crippen molar-refractivity contribution in [1.29, 1.82) is 0 Å². The van der Waals surface area contributed by atoms with Crippen molar-refractivity contribution in [2.24, 2.45) is 0 Å². The minimum atomic E-state index is 0.0563. The first-order valence-electron chi connectivity index (χ1n) is 6.88. The number of rotatable bonds is 5. The predicted molar refractivity (Wildman–Crippen MR) is 79.3 cm³/mol.